The minimum atomic E-state index is -4.53. The van der Waals surface area contributed by atoms with Crippen LogP contribution < -0.4 is 16.2 Å². The van der Waals surface area contributed by atoms with E-state index in [2.05, 4.69) is 20.3 Å². The first-order valence-corrected chi connectivity index (χ1v) is 6.65. The third-order valence-electron chi connectivity index (χ3n) is 3.68. The summed E-state index contributed by atoms with van der Waals surface area (Å²) in [5, 5.41) is 0. The first kappa shape index (κ1) is 15.8. The van der Waals surface area contributed by atoms with E-state index >= 15 is 0 Å². The van der Waals surface area contributed by atoms with Crippen LogP contribution in [0.4, 0.5) is 24.9 Å². The Morgan fingerprint density at radius 2 is 2.19 bits per heavy atom. The molecule has 0 spiro atoms. The van der Waals surface area contributed by atoms with Crippen molar-refractivity contribution < 1.29 is 13.2 Å². The fraction of sp³-hybridized carbons (Fsp3) is 0.667. The zero-order chi connectivity index (χ0) is 15.6. The standard InChI is InChI=1S/C12H19F3N6/c1-20-5-3-4-8(20)7-21(2)10-6-9(12(13,14)15)17-11(18-10)19-16/h6,8H,3-5,7,16H2,1-2H3,(H,17,18,19). The lowest BCUT2D eigenvalue weighted by atomic mass is 10.2. The maximum Gasteiger partial charge on any atom is 0.433 e. The molecule has 3 N–H and O–H groups in total. The van der Waals surface area contributed by atoms with Crippen molar-refractivity contribution in [3.8, 4) is 0 Å². The van der Waals surface area contributed by atoms with Gasteiger partial charge in [0.1, 0.15) is 5.82 Å². The van der Waals surface area contributed by atoms with Crippen molar-refractivity contribution in [3.05, 3.63) is 11.8 Å². The number of nitrogens with zero attached hydrogens (tertiary/aromatic N) is 4. The molecule has 1 saturated heterocycles. The molecule has 6 nitrogen and oxygen atoms in total. The van der Waals surface area contributed by atoms with Gasteiger partial charge in [0, 0.05) is 25.7 Å². The van der Waals surface area contributed by atoms with E-state index in [1.807, 2.05) is 7.05 Å². The van der Waals surface area contributed by atoms with E-state index in [1.54, 1.807) is 11.9 Å². The van der Waals surface area contributed by atoms with E-state index < -0.39 is 11.9 Å². The Bertz CT molecular complexity index is 492. The van der Waals surface area contributed by atoms with Crippen molar-refractivity contribution in [1.29, 1.82) is 0 Å². The summed E-state index contributed by atoms with van der Waals surface area (Å²) in [4.78, 5) is 11.2. The van der Waals surface area contributed by atoms with Crippen LogP contribution >= 0.6 is 0 Å². The molecule has 0 saturated carbocycles. The van der Waals surface area contributed by atoms with Gasteiger partial charge in [0.05, 0.1) is 0 Å². The highest BCUT2D eigenvalue weighted by Gasteiger charge is 2.34. The Morgan fingerprint density at radius 3 is 2.71 bits per heavy atom. The van der Waals surface area contributed by atoms with Crippen LogP contribution in [0, 0.1) is 0 Å². The molecular weight excluding hydrogens is 285 g/mol. The number of hydrogen-bond acceptors (Lipinski definition) is 6. The highest BCUT2D eigenvalue weighted by molar-refractivity contribution is 5.44. The fourth-order valence-corrected chi connectivity index (χ4v) is 2.46. The van der Waals surface area contributed by atoms with Gasteiger partial charge >= 0.3 is 6.18 Å². The number of aromatic nitrogens is 2. The van der Waals surface area contributed by atoms with Gasteiger partial charge < -0.3 is 9.80 Å². The molecule has 0 radical (unpaired) electrons. The molecule has 0 aliphatic carbocycles. The van der Waals surface area contributed by atoms with Gasteiger partial charge in [0.15, 0.2) is 5.69 Å². The lowest BCUT2D eigenvalue weighted by Crippen LogP contribution is -2.37. The molecule has 0 amide bonds. The van der Waals surface area contributed by atoms with Crippen LogP contribution in [-0.2, 0) is 6.18 Å². The zero-order valence-corrected chi connectivity index (χ0v) is 12.0. The van der Waals surface area contributed by atoms with Crippen molar-refractivity contribution >= 4 is 11.8 Å². The predicted molar refractivity (Wildman–Crippen MR) is 73.8 cm³/mol. The van der Waals surface area contributed by atoms with Gasteiger partial charge in [-0.1, -0.05) is 0 Å². The summed E-state index contributed by atoms with van der Waals surface area (Å²) in [6.07, 6.45) is -2.41. The van der Waals surface area contributed by atoms with Crippen molar-refractivity contribution in [2.75, 3.05) is 37.5 Å². The Hall–Kier alpha value is -1.61. The number of rotatable bonds is 4. The quantitative estimate of drug-likeness (QED) is 0.646. The fourth-order valence-electron chi connectivity index (χ4n) is 2.46. The number of nitrogen functional groups attached to an aromatic ring is 1. The average Bonchev–Trinajstić information content (AvgIpc) is 2.82. The Morgan fingerprint density at radius 1 is 1.48 bits per heavy atom. The topological polar surface area (TPSA) is 70.3 Å². The average molecular weight is 304 g/mol. The maximum absolute atomic E-state index is 12.8. The van der Waals surface area contributed by atoms with Crippen molar-refractivity contribution in [1.82, 2.24) is 14.9 Å². The second kappa shape index (κ2) is 6.02. The second-order valence-electron chi connectivity index (χ2n) is 5.23. The number of alkyl halides is 3. The van der Waals surface area contributed by atoms with Gasteiger partial charge in [-0.15, -0.1) is 0 Å². The van der Waals surface area contributed by atoms with Crippen LogP contribution in [-0.4, -0.2) is 48.1 Å². The molecule has 21 heavy (non-hydrogen) atoms. The van der Waals surface area contributed by atoms with E-state index in [1.165, 1.54) is 0 Å². The number of likely N-dealkylation sites (tertiary alicyclic amines) is 1. The van der Waals surface area contributed by atoms with Gasteiger partial charge in [-0.05, 0) is 26.4 Å². The second-order valence-corrected chi connectivity index (χ2v) is 5.23. The molecular formula is C12H19F3N6. The van der Waals surface area contributed by atoms with Gasteiger partial charge in [-0.3, -0.25) is 5.43 Å². The van der Waals surface area contributed by atoms with Crippen LogP contribution in [0.2, 0.25) is 0 Å². The van der Waals surface area contributed by atoms with Crippen LogP contribution in [0.25, 0.3) is 0 Å². The largest absolute Gasteiger partial charge is 0.433 e. The van der Waals surface area contributed by atoms with Crippen molar-refractivity contribution in [2.24, 2.45) is 5.84 Å². The molecule has 0 aromatic carbocycles. The normalized spacial score (nSPS) is 19.8. The van der Waals surface area contributed by atoms with Crippen LogP contribution in [0.1, 0.15) is 18.5 Å². The summed E-state index contributed by atoms with van der Waals surface area (Å²) in [5.41, 5.74) is 1.07. The number of nitrogens with one attached hydrogen (secondary N) is 1. The summed E-state index contributed by atoms with van der Waals surface area (Å²) in [6, 6.07) is 1.25. The highest BCUT2D eigenvalue weighted by Crippen LogP contribution is 2.30. The van der Waals surface area contributed by atoms with Gasteiger partial charge in [-0.25, -0.2) is 10.8 Å². The zero-order valence-electron chi connectivity index (χ0n) is 12.0. The minimum absolute atomic E-state index is 0.200. The number of nitrogens with two attached hydrogens (primary N) is 1. The van der Waals surface area contributed by atoms with E-state index in [9.17, 15) is 13.2 Å². The van der Waals surface area contributed by atoms with Crippen molar-refractivity contribution in [2.45, 2.75) is 25.1 Å². The number of halogens is 3. The monoisotopic (exact) mass is 304 g/mol. The smallest absolute Gasteiger partial charge is 0.358 e. The number of likely N-dealkylation sites (N-methyl/N-ethyl adjacent to an activating group) is 2. The first-order chi connectivity index (χ1) is 9.81. The first-order valence-electron chi connectivity index (χ1n) is 6.65. The Kier molecular flexibility index (Phi) is 4.52. The van der Waals surface area contributed by atoms with Gasteiger partial charge in [0.2, 0.25) is 5.95 Å². The molecule has 1 aromatic heterocycles. The summed E-state index contributed by atoms with van der Waals surface area (Å²) >= 11 is 0. The lowest BCUT2D eigenvalue weighted by Gasteiger charge is -2.27. The predicted octanol–water partition coefficient (Wildman–Crippen LogP) is 1.31. The summed E-state index contributed by atoms with van der Waals surface area (Å²) in [7, 11) is 3.73. The van der Waals surface area contributed by atoms with E-state index in [0.717, 1.165) is 25.5 Å². The van der Waals surface area contributed by atoms with E-state index in [-0.39, 0.29) is 11.8 Å². The molecule has 1 aliphatic rings. The van der Waals surface area contributed by atoms with Gasteiger partial charge in [0.25, 0.3) is 0 Å². The minimum Gasteiger partial charge on any atom is -0.358 e. The van der Waals surface area contributed by atoms with Crippen LogP contribution in [0.3, 0.4) is 0 Å². The van der Waals surface area contributed by atoms with E-state index in [0.29, 0.717) is 12.6 Å². The maximum atomic E-state index is 12.8. The molecule has 1 unspecified atom stereocenters. The molecule has 2 rings (SSSR count). The Balaban J connectivity index is 2.21. The third-order valence-corrected chi connectivity index (χ3v) is 3.68. The lowest BCUT2D eigenvalue weighted by molar-refractivity contribution is -0.141. The Labute approximate surface area is 121 Å². The van der Waals surface area contributed by atoms with Gasteiger partial charge in [-0.2, -0.15) is 18.2 Å². The number of hydrazine groups is 1. The molecule has 1 aromatic rings. The van der Waals surface area contributed by atoms with Crippen molar-refractivity contribution in [3.63, 3.8) is 0 Å². The molecule has 118 valence electrons. The molecule has 1 fully saturated rings. The number of hydrogen-bond donors (Lipinski definition) is 2. The molecule has 1 aliphatic heterocycles. The summed E-state index contributed by atoms with van der Waals surface area (Å²) in [6.45, 7) is 1.61. The summed E-state index contributed by atoms with van der Waals surface area (Å²) in [5.74, 6) is 5.10. The molecule has 9 heteroatoms. The van der Waals surface area contributed by atoms with E-state index in [4.69, 9.17) is 5.84 Å². The molecule has 2 heterocycles. The van der Waals surface area contributed by atoms with Crippen LogP contribution in [0.5, 0.6) is 0 Å². The number of anilines is 2. The SMILES string of the molecule is CN(CC1CCCN1C)c1cc(C(F)(F)F)nc(NN)n1. The third kappa shape index (κ3) is 3.73. The summed E-state index contributed by atoms with van der Waals surface area (Å²) < 4.78 is 38.5. The van der Waals surface area contributed by atoms with Crippen LogP contribution in [0.15, 0.2) is 6.07 Å². The molecule has 1 atom stereocenters. The highest BCUT2D eigenvalue weighted by atomic mass is 19.4. The molecule has 0 bridgehead atoms.